The fourth-order valence-electron chi connectivity index (χ4n) is 2.00. The molecule has 0 spiro atoms. The van der Waals surface area contributed by atoms with Crippen LogP contribution in [-0.4, -0.2) is 10.1 Å². The molecule has 0 bridgehead atoms. The summed E-state index contributed by atoms with van der Waals surface area (Å²) < 4.78 is 0. The molecule has 88 valence electrons. The van der Waals surface area contributed by atoms with Gasteiger partial charge in [-0.2, -0.15) is 0 Å². The number of hydrogen-bond donors (Lipinski definition) is 1. The smallest absolute Gasteiger partial charge is 0.141 e. The largest absolute Gasteiger partial charge is 0.506 e. The fourth-order valence-corrected chi connectivity index (χ4v) is 2.22. The van der Waals surface area contributed by atoms with Crippen molar-refractivity contribution in [1.82, 2.24) is 4.98 Å². The summed E-state index contributed by atoms with van der Waals surface area (Å²) >= 11 is 6.01. The zero-order valence-electron chi connectivity index (χ0n) is 9.47. The van der Waals surface area contributed by atoms with E-state index in [9.17, 15) is 5.11 Å². The highest BCUT2D eigenvalue weighted by Gasteiger charge is 2.06. The third-order valence-electron chi connectivity index (χ3n) is 2.93. The number of aromatic hydroxyl groups is 1. The Morgan fingerprint density at radius 1 is 0.889 bits per heavy atom. The van der Waals surface area contributed by atoms with Gasteiger partial charge >= 0.3 is 0 Å². The first kappa shape index (κ1) is 11.1. The molecule has 0 atom stereocenters. The maximum atomic E-state index is 9.85. The topological polar surface area (TPSA) is 33.1 Å². The lowest BCUT2D eigenvalue weighted by Crippen LogP contribution is -1.83. The lowest BCUT2D eigenvalue weighted by Gasteiger charge is -2.06. The molecule has 0 fully saturated rings. The number of benzene rings is 2. The first-order valence-electron chi connectivity index (χ1n) is 5.58. The van der Waals surface area contributed by atoms with Crippen molar-refractivity contribution in [3.8, 4) is 16.9 Å². The molecule has 0 saturated carbocycles. The second-order valence-corrected chi connectivity index (χ2v) is 4.42. The van der Waals surface area contributed by atoms with E-state index in [0.29, 0.717) is 5.15 Å². The summed E-state index contributed by atoms with van der Waals surface area (Å²) in [6.45, 7) is 0. The normalized spacial score (nSPS) is 10.7. The molecule has 0 unspecified atom stereocenters. The van der Waals surface area contributed by atoms with Crippen LogP contribution >= 0.6 is 11.6 Å². The van der Waals surface area contributed by atoms with E-state index >= 15 is 0 Å². The van der Waals surface area contributed by atoms with Gasteiger partial charge in [0.05, 0.1) is 6.20 Å². The Morgan fingerprint density at radius 2 is 1.67 bits per heavy atom. The molecular weight excluding hydrogens is 246 g/mol. The summed E-state index contributed by atoms with van der Waals surface area (Å²) in [4.78, 5) is 3.92. The minimum absolute atomic E-state index is 0.146. The Bertz CT molecular complexity index is 710. The third kappa shape index (κ3) is 1.81. The van der Waals surface area contributed by atoms with Crippen LogP contribution in [0.15, 0.2) is 54.7 Å². The summed E-state index contributed by atoms with van der Waals surface area (Å²) in [6, 6.07) is 15.8. The van der Waals surface area contributed by atoms with E-state index in [0.717, 1.165) is 21.9 Å². The van der Waals surface area contributed by atoms with Gasteiger partial charge in [-0.15, -0.1) is 0 Å². The molecule has 0 radical (unpaired) electrons. The number of nitrogens with zero attached hydrogens (tertiary/aromatic N) is 1. The van der Waals surface area contributed by atoms with Crippen LogP contribution in [0.25, 0.3) is 21.9 Å². The maximum Gasteiger partial charge on any atom is 0.141 e. The van der Waals surface area contributed by atoms with Crippen LogP contribution in [0.2, 0.25) is 5.15 Å². The van der Waals surface area contributed by atoms with Gasteiger partial charge in [0.25, 0.3) is 0 Å². The van der Waals surface area contributed by atoms with Crippen molar-refractivity contribution in [2.45, 2.75) is 0 Å². The summed E-state index contributed by atoms with van der Waals surface area (Å²) in [7, 11) is 0. The molecule has 1 N–H and O–H groups in total. The highest BCUT2D eigenvalue weighted by molar-refractivity contribution is 6.34. The van der Waals surface area contributed by atoms with Gasteiger partial charge in [0.2, 0.25) is 0 Å². The highest BCUT2D eigenvalue weighted by atomic mass is 35.5. The van der Waals surface area contributed by atoms with Gasteiger partial charge in [-0.3, -0.25) is 0 Å². The molecule has 0 aliphatic carbocycles. The van der Waals surface area contributed by atoms with E-state index in [1.807, 2.05) is 48.5 Å². The number of hydrogen-bond acceptors (Lipinski definition) is 2. The van der Waals surface area contributed by atoms with Crippen molar-refractivity contribution in [1.29, 1.82) is 0 Å². The van der Waals surface area contributed by atoms with Crippen LogP contribution in [0, 0.1) is 0 Å². The van der Waals surface area contributed by atoms with Crippen molar-refractivity contribution in [3.05, 3.63) is 59.9 Å². The quantitative estimate of drug-likeness (QED) is 0.659. The number of halogens is 1. The van der Waals surface area contributed by atoms with Gasteiger partial charge in [-0.1, -0.05) is 54.1 Å². The van der Waals surface area contributed by atoms with Crippen LogP contribution in [0.5, 0.6) is 5.75 Å². The van der Waals surface area contributed by atoms with Crippen molar-refractivity contribution in [2.24, 2.45) is 0 Å². The summed E-state index contributed by atoms with van der Waals surface area (Å²) in [5.41, 5.74) is 2.15. The van der Waals surface area contributed by atoms with Crippen molar-refractivity contribution in [2.75, 3.05) is 0 Å². The van der Waals surface area contributed by atoms with Crippen molar-refractivity contribution < 1.29 is 5.11 Å². The van der Waals surface area contributed by atoms with E-state index < -0.39 is 0 Å². The average molecular weight is 256 g/mol. The Morgan fingerprint density at radius 3 is 2.44 bits per heavy atom. The monoisotopic (exact) mass is 255 g/mol. The van der Waals surface area contributed by atoms with E-state index in [-0.39, 0.29) is 5.75 Å². The van der Waals surface area contributed by atoms with Gasteiger partial charge in [-0.25, -0.2) is 4.98 Å². The number of fused-ring (bicyclic) bond motifs is 1. The molecular formula is C15H10ClNO. The molecule has 2 nitrogen and oxygen atoms in total. The summed E-state index contributed by atoms with van der Waals surface area (Å²) in [6.07, 6.45) is 1.37. The minimum atomic E-state index is 0.146. The second kappa shape index (κ2) is 4.31. The van der Waals surface area contributed by atoms with Gasteiger partial charge < -0.3 is 5.11 Å². The zero-order chi connectivity index (χ0) is 12.5. The van der Waals surface area contributed by atoms with Gasteiger partial charge in [-0.05, 0) is 17.2 Å². The molecule has 0 saturated heterocycles. The predicted molar refractivity (Wildman–Crippen MR) is 73.9 cm³/mol. The molecule has 0 aliphatic heterocycles. The van der Waals surface area contributed by atoms with Crippen LogP contribution in [-0.2, 0) is 0 Å². The van der Waals surface area contributed by atoms with Crippen molar-refractivity contribution in [3.63, 3.8) is 0 Å². The van der Waals surface area contributed by atoms with E-state index in [1.54, 1.807) is 0 Å². The first-order valence-corrected chi connectivity index (χ1v) is 5.96. The average Bonchev–Trinajstić information content (AvgIpc) is 2.44. The molecule has 0 aliphatic rings. The molecule has 3 aromatic rings. The fraction of sp³-hybridized carbons (Fsp3) is 0. The second-order valence-electron chi connectivity index (χ2n) is 4.06. The molecule has 2 aromatic carbocycles. The number of pyridine rings is 1. The minimum Gasteiger partial charge on any atom is -0.506 e. The van der Waals surface area contributed by atoms with Gasteiger partial charge in [0.1, 0.15) is 10.9 Å². The van der Waals surface area contributed by atoms with E-state index in [2.05, 4.69) is 4.98 Å². The van der Waals surface area contributed by atoms with Crippen molar-refractivity contribution >= 4 is 22.4 Å². The van der Waals surface area contributed by atoms with Crippen LogP contribution in [0.1, 0.15) is 0 Å². The molecule has 0 amide bonds. The van der Waals surface area contributed by atoms with E-state index in [4.69, 9.17) is 11.6 Å². The standard InChI is InChI=1S/C15H10ClNO/c16-15-12-7-6-11(10-4-2-1-3-5-10)8-13(12)14(18)9-17-15/h1-9,18H. The predicted octanol–water partition coefficient (Wildman–Crippen LogP) is 4.26. The Hall–Kier alpha value is -2.06. The van der Waals surface area contributed by atoms with Gasteiger partial charge in [0.15, 0.2) is 0 Å². The van der Waals surface area contributed by atoms with E-state index in [1.165, 1.54) is 6.20 Å². The highest BCUT2D eigenvalue weighted by Crippen LogP contribution is 2.32. The summed E-state index contributed by atoms with van der Waals surface area (Å²) in [5.74, 6) is 0.146. The molecule has 3 rings (SSSR count). The number of aromatic nitrogens is 1. The summed E-state index contributed by atoms with van der Waals surface area (Å²) in [5, 5.41) is 11.7. The lowest BCUT2D eigenvalue weighted by molar-refractivity contribution is 0.479. The zero-order valence-corrected chi connectivity index (χ0v) is 10.2. The molecule has 18 heavy (non-hydrogen) atoms. The van der Waals surface area contributed by atoms with Crippen LogP contribution in [0.3, 0.4) is 0 Å². The Labute approximate surface area is 109 Å². The van der Waals surface area contributed by atoms with Crippen LogP contribution in [0.4, 0.5) is 0 Å². The van der Waals surface area contributed by atoms with Gasteiger partial charge in [0, 0.05) is 10.8 Å². The Balaban J connectivity index is 2.26. The molecule has 1 heterocycles. The molecule has 1 aromatic heterocycles. The maximum absolute atomic E-state index is 9.85. The number of rotatable bonds is 1. The molecule has 3 heteroatoms. The SMILES string of the molecule is Oc1cnc(Cl)c2ccc(-c3ccccc3)cc12. The first-order chi connectivity index (χ1) is 8.75. The lowest BCUT2D eigenvalue weighted by atomic mass is 10.0. The Kier molecular flexibility index (Phi) is 2.65. The van der Waals surface area contributed by atoms with Crippen LogP contribution < -0.4 is 0 Å². The third-order valence-corrected chi connectivity index (χ3v) is 3.23.